The van der Waals surface area contributed by atoms with Crippen molar-refractivity contribution >= 4 is 11.9 Å². The van der Waals surface area contributed by atoms with Gasteiger partial charge in [-0.15, -0.1) is 0 Å². The highest BCUT2D eigenvalue weighted by Crippen LogP contribution is 2.27. The number of nitrogens with two attached hydrogens (primary N) is 1. The lowest BCUT2D eigenvalue weighted by atomic mass is 9.83. The highest BCUT2D eigenvalue weighted by molar-refractivity contribution is 5.86. The molecule has 0 aliphatic carbocycles. The van der Waals surface area contributed by atoms with Crippen LogP contribution in [0.1, 0.15) is 53.4 Å². The summed E-state index contributed by atoms with van der Waals surface area (Å²) in [5, 5.41) is 0. The smallest absolute Gasteiger partial charge is 0.328 e. The van der Waals surface area contributed by atoms with E-state index < -0.39 is 6.04 Å². The molecule has 2 N–H and O–H groups in total. The van der Waals surface area contributed by atoms with Crippen LogP contribution < -0.4 is 5.73 Å². The molecule has 5 heteroatoms. The molecule has 1 amide bonds. The fourth-order valence-corrected chi connectivity index (χ4v) is 2.92. The summed E-state index contributed by atoms with van der Waals surface area (Å²) in [6.07, 6.45) is 3.32. The number of amides is 1. The molecule has 122 valence electrons. The molecule has 0 saturated carbocycles. The predicted octanol–water partition coefficient (Wildman–Crippen LogP) is 1.94. The van der Waals surface area contributed by atoms with Crippen molar-refractivity contribution in [2.45, 2.75) is 59.4 Å². The normalized spacial score (nSPS) is 21.0. The molecule has 5 nitrogen and oxygen atoms in total. The molecule has 0 aromatic carbocycles. The van der Waals surface area contributed by atoms with Gasteiger partial charge in [0.1, 0.15) is 6.04 Å². The van der Waals surface area contributed by atoms with E-state index in [9.17, 15) is 9.59 Å². The van der Waals surface area contributed by atoms with E-state index in [-0.39, 0.29) is 23.2 Å². The predicted molar refractivity (Wildman–Crippen MR) is 82.6 cm³/mol. The summed E-state index contributed by atoms with van der Waals surface area (Å²) in [6, 6.07) is -0.430. The Morgan fingerprint density at radius 1 is 1.33 bits per heavy atom. The minimum Gasteiger partial charge on any atom is -0.464 e. The SMILES string of the molecule is CCOC(=O)C1CCCCN1C(=O)C(CN)CC(C)(C)C. The van der Waals surface area contributed by atoms with Gasteiger partial charge in [0.2, 0.25) is 5.91 Å². The summed E-state index contributed by atoms with van der Waals surface area (Å²) in [5.41, 5.74) is 5.84. The number of esters is 1. The molecule has 0 spiro atoms. The number of hydrogen-bond acceptors (Lipinski definition) is 4. The molecule has 0 bridgehead atoms. The number of likely N-dealkylation sites (tertiary alicyclic amines) is 1. The first-order chi connectivity index (χ1) is 9.80. The van der Waals surface area contributed by atoms with E-state index in [1.54, 1.807) is 11.8 Å². The molecule has 1 aliphatic rings. The number of piperidine rings is 1. The number of carbonyl (C=O) groups is 2. The summed E-state index contributed by atoms with van der Waals surface area (Å²) in [6.45, 7) is 9.38. The van der Waals surface area contributed by atoms with Crippen LogP contribution in [0.4, 0.5) is 0 Å². The lowest BCUT2D eigenvalue weighted by molar-refractivity contribution is -0.158. The van der Waals surface area contributed by atoms with Crippen LogP contribution in [0.5, 0.6) is 0 Å². The van der Waals surface area contributed by atoms with Gasteiger partial charge in [-0.25, -0.2) is 4.79 Å². The van der Waals surface area contributed by atoms with Gasteiger partial charge in [0, 0.05) is 13.1 Å². The van der Waals surface area contributed by atoms with E-state index in [0.717, 1.165) is 19.3 Å². The molecule has 0 aromatic rings. The zero-order chi connectivity index (χ0) is 16.0. The van der Waals surface area contributed by atoms with Crippen molar-refractivity contribution in [3.05, 3.63) is 0 Å². The fourth-order valence-electron chi connectivity index (χ4n) is 2.92. The second-order valence-corrected chi connectivity index (χ2v) is 6.99. The molecule has 1 heterocycles. The van der Waals surface area contributed by atoms with Gasteiger partial charge in [-0.2, -0.15) is 0 Å². The molecule has 1 saturated heterocycles. The molecule has 21 heavy (non-hydrogen) atoms. The number of rotatable bonds is 5. The van der Waals surface area contributed by atoms with E-state index >= 15 is 0 Å². The third kappa shape index (κ3) is 5.30. The van der Waals surface area contributed by atoms with Crippen molar-refractivity contribution in [1.82, 2.24) is 4.90 Å². The first-order valence-corrected chi connectivity index (χ1v) is 7.97. The van der Waals surface area contributed by atoms with Gasteiger partial charge in [0.05, 0.1) is 12.5 Å². The average molecular weight is 298 g/mol. The van der Waals surface area contributed by atoms with E-state index in [1.807, 2.05) is 0 Å². The van der Waals surface area contributed by atoms with Crippen LogP contribution in [0.2, 0.25) is 0 Å². The van der Waals surface area contributed by atoms with E-state index in [2.05, 4.69) is 20.8 Å². The third-order valence-corrected chi connectivity index (χ3v) is 3.84. The minimum absolute atomic E-state index is 0.00479. The molecule has 2 atom stereocenters. The molecule has 1 fully saturated rings. The first kappa shape index (κ1) is 18.0. The summed E-state index contributed by atoms with van der Waals surface area (Å²) < 4.78 is 5.11. The van der Waals surface area contributed by atoms with Crippen molar-refractivity contribution in [3.8, 4) is 0 Å². The Morgan fingerprint density at radius 2 is 2.00 bits per heavy atom. The molecular weight excluding hydrogens is 268 g/mol. The lowest BCUT2D eigenvalue weighted by Gasteiger charge is -2.37. The Hall–Kier alpha value is -1.10. The van der Waals surface area contributed by atoms with Gasteiger partial charge in [-0.1, -0.05) is 20.8 Å². The maximum Gasteiger partial charge on any atom is 0.328 e. The van der Waals surface area contributed by atoms with Gasteiger partial charge >= 0.3 is 5.97 Å². The van der Waals surface area contributed by atoms with E-state index in [1.165, 1.54) is 0 Å². The van der Waals surface area contributed by atoms with E-state index in [4.69, 9.17) is 10.5 Å². The average Bonchev–Trinajstić information content (AvgIpc) is 2.43. The van der Waals surface area contributed by atoms with Crippen molar-refractivity contribution < 1.29 is 14.3 Å². The second-order valence-electron chi connectivity index (χ2n) is 6.99. The van der Waals surface area contributed by atoms with Gasteiger partial charge < -0.3 is 15.4 Å². The fraction of sp³-hybridized carbons (Fsp3) is 0.875. The summed E-state index contributed by atoms with van der Waals surface area (Å²) in [5.74, 6) is -0.498. The standard InChI is InChI=1S/C16H30N2O3/c1-5-21-15(20)13-8-6-7-9-18(13)14(19)12(11-17)10-16(2,3)4/h12-13H,5-11,17H2,1-4H3. The first-order valence-electron chi connectivity index (χ1n) is 7.97. The zero-order valence-electron chi connectivity index (χ0n) is 13.9. The van der Waals surface area contributed by atoms with E-state index in [0.29, 0.717) is 26.1 Å². The van der Waals surface area contributed by atoms with Crippen LogP contribution in [0, 0.1) is 11.3 Å². The van der Waals surface area contributed by atoms with Crippen molar-refractivity contribution in [2.75, 3.05) is 19.7 Å². The second kappa shape index (κ2) is 7.78. The minimum atomic E-state index is -0.430. The van der Waals surface area contributed by atoms with Gasteiger partial charge in [-0.3, -0.25) is 4.79 Å². The summed E-state index contributed by atoms with van der Waals surface area (Å²) in [7, 11) is 0. The van der Waals surface area contributed by atoms with Crippen LogP contribution >= 0.6 is 0 Å². The van der Waals surface area contributed by atoms with Crippen molar-refractivity contribution in [3.63, 3.8) is 0 Å². The molecular formula is C16H30N2O3. The Morgan fingerprint density at radius 3 is 2.52 bits per heavy atom. The Kier molecular flexibility index (Phi) is 6.65. The van der Waals surface area contributed by atoms with Crippen LogP contribution in [-0.4, -0.2) is 42.5 Å². The lowest BCUT2D eigenvalue weighted by Crippen LogP contribution is -2.52. The highest BCUT2D eigenvalue weighted by atomic mass is 16.5. The Bertz CT molecular complexity index is 363. The number of carbonyl (C=O) groups excluding carboxylic acids is 2. The summed E-state index contributed by atoms with van der Waals surface area (Å²) in [4.78, 5) is 26.5. The summed E-state index contributed by atoms with van der Waals surface area (Å²) >= 11 is 0. The maximum atomic E-state index is 12.8. The van der Waals surface area contributed by atoms with Crippen molar-refractivity contribution in [2.24, 2.45) is 17.1 Å². The molecule has 0 aromatic heterocycles. The topological polar surface area (TPSA) is 72.6 Å². The monoisotopic (exact) mass is 298 g/mol. The number of ether oxygens (including phenoxy) is 1. The molecule has 2 unspecified atom stereocenters. The van der Waals surface area contributed by atoms with Gasteiger partial charge in [-0.05, 0) is 38.0 Å². The third-order valence-electron chi connectivity index (χ3n) is 3.84. The molecule has 1 aliphatic heterocycles. The molecule has 0 radical (unpaired) electrons. The quantitative estimate of drug-likeness (QED) is 0.787. The van der Waals surface area contributed by atoms with Crippen LogP contribution in [0.25, 0.3) is 0 Å². The maximum absolute atomic E-state index is 12.8. The van der Waals surface area contributed by atoms with Crippen LogP contribution in [0.15, 0.2) is 0 Å². The zero-order valence-corrected chi connectivity index (χ0v) is 13.9. The van der Waals surface area contributed by atoms with Gasteiger partial charge in [0.15, 0.2) is 0 Å². The Labute approximate surface area is 128 Å². The number of nitrogens with zero attached hydrogens (tertiary/aromatic N) is 1. The largest absolute Gasteiger partial charge is 0.464 e. The number of hydrogen-bond donors (Lipinski definition) is 1. The van der Waals surface area contributed by atoms with Crippen LogP contribution in [0.3, 0.4) is 0 Å². The Balaban J connectivity index is 2.82. The van der Waals surface area contributed by atoms with Crippen LogP contribution in [-0.2, 0) is 14.3 Å². The van der Waals surface area contributed by atoms with Crippen molar-refractivity contribution in [1.29, 1.82) is 0 Å². The molecule has 1 rings (SSSR count). The van der Waals surface area contributed by atoms with Gasteiger partial charge in [0.25, 0.3) is 0 Å². The highest BCUT2D eigenvalue weighted by Gasteiger charge is 2.36.